The van der Waals surface area contributed by atoms with Gasteiger partial charge in [-0.05, 0) is 50.5 Å². The molecule has 1 aliphatic rings. The Balaban J connectivity index is 1.84. The van der Waals surface area contributed by atoms with Gasteiger partial charge in [-0.1, -0.05) is 6.07 Å². The lowest BCUT2D eigenvalue weighted by Gasteiger charge is -2.39. The van der Waals surface area contributed by atoms with E-state index in [2.05, 4.69) is 14.8 Å². The third-order valence-corrected chi connectivity index (χ3v) is 5.33. The lowest BCUT2D eigenvalue weighted by atomic mass is 9.73. The number of alkyl halides is 3. The Hall–Kier alpha value is -3.21. The fourth-order valence-electron chi connectivity index (χ4n) is 3.68. The van der Waals surface area contributed by atoms with Crippen LogP contribution in [0, 0.1) is 0 Å². The summed E-state index contributed by atoms with van der Waals surface area (Å²) >= 11 is 0. The molecule has 3 heterocycles. The van der Waals surface area contributed by atoms with Gasteiger partial charge in [-0.25, -0.2) is 9.78 Å². The molecule has 0 N–H and O–H groups in total. The third-order valence-electron chi connectivity index (χ3n) is 5.33. The Bertz CT molecular complexity index is 974. The highest BCUT2D eigenvalue weighted by Gasteiger charge is 2.47. The highest BCUT2D eigenvalue weighted by molar-refractivity contribution is 5.83. The van der Waals surface area contributed by atoms with Gasteiger partial charge in [0.1, 0.15) is 0 Å². The highest BCUT2D eigenvalue weighted by atomic mass is 19.4. The fourth-order valence-corrected chi connectivity index (χ4v) is 3.68. The molecular weight excluding hydrogens is 443 g/mol. The van der Waals surface area contributed by atoms with Gasteiger partial charge in [-0.15, -0.1) is 5.06 Å². The van der Waals surface area contributed by atoms with Crippen LogP contribution in [0.4, 0.5) is 13.2 Å². The minimum atomic E-state index is -5.10. The predicted octanol–water partition coefficient (Wildman–Crippen LogP) is 3.46. The number of esters is 1. The summed E-state index contributed by atoms with van der Waals surface area (Å²) in [5, 5.41) is 0.916. The van der Waals surface area contributed by atoms with E-state index in [1.165, 1.54) is 0 Å². The smallest absolute Gasteiger partial charge is 0.477 e. The van der Waals surface area contributed by atoms with Crippen LogP contribution in [-0.2, 0) is 24.6 Å². The number of pyridine rings is 2. The first-order valence-corrected chi connectivity index (χ1v) is 10.5. The Morgan fingerprint density at radius 2 is 1.82 bits per heavy atom. The maximum atomic E-state index is 12.9. The molecule has 33 heavy (non-hydrogen) atoms. The monoisotopic (exact) mass is 467 g/mol. The van der Waals surface area contributed by atoms with Crippen LogP contribution in [-0.4, -0.2) is 59.4 Å². The normalized spacial score (nSPS) is 16.2. The van der Waals surface area contributed by atoms with Crippen molar-refractivity contribution in [3.05, 3.63) is 42.2 Å². The lowest BCUT2D eigenvalue weighted by Crippen LogP contribution is -2.49. The summed E-state index contributed by atoms with van der Waals surface area (Å²) in [5.41, 5.74) is 0.713. The number of rotatable bonds is 7. The molecule has 1 fully saturated rings. The number of carbonyl (C=O) groups excluding carboxylic acids is 2. The van der Waals surface area contributed by atoms with E-state index in [0.717, 1.165) is 5.06 Å². The quantitative estimate of drug-likeness (QED) is 0.572. The SMILES string of the molecule is CCOC(=O)C1(c2ccc(-c3cccnc3OCC)nc2)CCN(OC(=O)C(F)(F)F)CC1. The zero-order valence-corrected chi connectivity index (χ0v) is 18.2. The molecule has 2 aromatic rings. The second kappa shape index (κ2) is 10.2. The molecule has 1 saturated heterocycles. The first-order valence-electron chi connectivity index (χ1n) is 10.5. The molecule has 0 bridgehead atoms. The van der Waals surface area contributed by atoms with E-state index >= 15 is 0 Å². The standard InChI is InChI=1S/C22H24F3N3O5/c1-3-31-18-16(6-5-11-26-18)17-8-7-15(14-27-17)21(19(29)32-4-2)9-12-28(13-10-21)33-20(30)22(23,24)25/h5-8,11,14H,3-4,9-10,12-13H2,1-2H3. The number of halogens is 3. The number of hydrogen-bond donors (Lipinski definition) is 0. The summed E-state index contributed by atoms with van der Waals surface area (Å²) < 4.78 is 48.3. The van der Waals surface area contributed by atoms with E-state index in [9.17, 15) is 22.8 Å². The van der Waals surface area contributed by atoms with Crippen LogP contribution in [0.5, 0.6) is 5.88 Å². The number of piperidine rings is 1. The molecule has 1 aliphatic heterocycles. The number of ether oxygens (including phenoxy) is 2. The molecule has 0 radical (unpaired) electrons. The van der Waals surface area contributed by atoms with Crippen LogP contribution in [0.3, 0.4) is 0 Å². The van der Waals surface area contributed by atoms with Gasteiger partial charge in [0.05, 0.1) is 29.9 Å². The largest absolute Gasteiger partial charge is 0.492 e. The summed E-state index contributed by atoms with van der Waals surface area (Å²) in [4.78, 5) is 37.2. The van der Waals surface area contributed by atoms with Crippen LogP contribution in [0.1, 0.15) is 32.3 Å². The van der Waals surface area contributed by atoms with Crippen molar-refractivity contribution in [1.29, 1.82) is 0 Å². The van der Waals surface area contributed by atoms with Crippen molar-refractivity contribution in [3.63, 3.8) is 0 Å². The van der Waals surface area contributed by atoms with E-state index < -0.39 is 23.5 Å². The summed E-state index contributed by atoms with van der Waals surface area (Å²) in [7, 11) is 0. The molecule has 178 valence electrons. The molecule has 2 aromatic heterocycles. The van der Waals surface area contributed by atoms with E-state index in [-0.39, 0.29) is 32.5 Å². The van der Waals surface area contributed by atoms with Gasteiger partial charge >= 0.3 is 18.1 Å². The van der Waals surface area contributed by atoms with Crippen LogP contribution >= 0.6 is 0 Å². The van der Waals surface area contributed by atoms with Gasteiger partial charge in [0.15, 0.2) is 0 Å². The Kier molecular flexibility index (Phi) is 7.52. The zero-order valence-electron chi connectivity index (χ0n) is 18.2. The van der Waals surface area contributed by atoms with Crippen molar-refractivity contribution in [3.8, 4) is 17.1 Å². The van der Waals surface area contributed by atoms with Crippen molar-refractivity contribution in [2.24, 2.45) is 0 Å². The minimum Gasteiger partial charge on any atom is -0.477 e. The van der Waals surface area contributed by atoms with E-state index in [1.807, 2.05) is 13.0 Å². The number of aromatic nitrogens is 2. The molecular formula is C22H24F3N3O5. The van der Waals surface area contributed by atoms with Crippen LogP contribution in [0.15, 0.2) is 36.7 Å². The topological polar surface area (TPSA) is 90.8 Å². The maximum absolute atomic E-state index is 12.9. The molecule has 3 rings (SSSR count). The molecule has 0 unspecified atom stereocenters. The summed E-state index contributed by atoms with van der Waals surface area (Å²) in [6.45, 7) is 3.95. The lowest BCUT2D eigenvalue weighted by molar-refractivity contribution is -0.243. The predicted molar refractivity (Wildman–Crippen MR) is 110 cm³/mol. The van der Waals surface area contributed by atoms with Gasteiger partial charge in [0.2, 0.25) is 5.88 Å². The van der Waals surface area contributed by atoms with Crippen molar-refractivity contribution in [2.45, 2.75) is 38.3 Å². The molecule has 0 saturated carbocycles. The van der Waals surface area contributed by atoms with Crippen LogP contribution in [0.25, 0.3) is 11.3 Å². The van der Waals surface area contributed by atoms with E-state index in [4.69, 9.17) is 9.47 Å². The van der Waals surface area contributed by atoms with Crippen molar-refractivity contribution < 1.29 is 37.1 Å². The summed E-state index contributed by atoms with van der Waals surface area (Å²) in [6.07, 6.45) is -1.75. The van der Waals surface area contributed by atoms with Gasteiger partial charge in [0, 0.05) is 25.5 Å². The van der Waals surface area contributed by atoms with Gasteiger partial charge in [0.25, 0.3) is 0 Å². The van der Waals surface area contributed by atoms with Crippen molar-refractivity contribution in [2.75, 3.05) is 26.3 Å². The number of hydrogen-bond acceptors (Lipinski definition) is 8. The summed E-state index contributed by atoms with van der Waals surface area (Å²) in [6, 6.07) is 7.03. The first-order chi connectivity index (χ1) is 15.7. The maximum Gasteiger partial charge on any atom is 0.492 e. The number of nitrogens with zero attached hydrogens (tertiary/aromatic N) is 3. The Morgan fingerprint density at radius 3 is 2.39 bits per heavy atom. The van der Waals surface area contributed by atoms with Gasteiger partial charge in [-0.3, -0.25) is 9.78 Å². The second-order valence-electron chi connectivity index (χ2n) is 7.33. The zero-order chi connectivity index (χ0) is 24.1. The molecule has 0 aliphatic carbocycles. The highest BCUT2D eigenvalue weighted by Crippen LogP contribution is 2.38. The third kappa shape index (κ3) is 5.41. The van der Waals surface area contributed by atoms with Gasteiger partial charge in [-0.2, -0.15) is 13.2 Å². The van der Waals surface area contributed by atoms with Crippen molar-refractivity contribution >= 4 is 11.9 Å². The fraction of sp³-hybridized carbons (Fsp3) is 0.455. The molecule has 0 aromatic carbocycles. The van der Waals surface area contributed by atoms with Crippen LogP contribution < -0.4 is 4.74 Å². The summed E-state index contributed by atoms with van der Waals surface area (Å²) in [5.74, 6) is -2.36. The van der Waals surface area contributed by atoms with E-state index in [1.54, 1.807) is 37.5 Å². The number of carbonyl (C=O) groups is 2. The van der Waals surface area contributed by atoms with Crippen LogP contribution in [0.2, 0.25) is 0 Å². The Morgan fingerprint density at radius 1 is 1.09 bits per heavy atom. The molecule has 0 atom stereocenters. The first kappa shape index (κ1) is 24.4. The van der Waals surface area contributed by atoms with E-state index in [0.29, 0.717) is 29.3 Å². The van der Waals surface area contributed by atoms with Crippen molar-refractivity contribution in [1.82, 2.24) is 15.0 Å². The molecule has 11 heteroatoms. The number of hydroxylamine groups is 2. The molecule has 8 nitrogen and oxygen atoms in total. The molecule has 0 amide bonds. The Labute approximate surface area is 188 Å². The minimum absolute atomic E-state index is 0.0700. The average molecular weight is 467 g/mol. The van der Waals surface area contributed by atoms with Gasteiger partial charge < -0.3 is 14.3 Å². The average Bonchev–Trinajstić information content (AvgIpc) is 2.80. The molecule has 0 spiro atoms. The second-order valence-corrected chi connectivity index (χ2v) is 7.33.